The molecule has 0 aromatic heterocycles. The maximum atomic E-state index is 13.4. The van der Waals surface area contributed by atoms with Crippen molar-refractivity contribution in [3.05, 3.63) is 58.1 Å². The van der Waals surface area contributed by atoms with Crippen LogP contribution in [0.4, 0.5) is 20.2 Å². The van der Waals surface area contributed by atoms with Crippen molar-refractivity contribution in [3.63, 3.8) is 0 Å². The van der Waals surface area contributed by atoms with E-state index in [-0.39, 0.29) is 18.0 Å². The van der Waals surface area contributed by atoms with Crippen LogP contribution in [-0.2, 0) is 4.79 Å². The first kappa shape index (κ1) is 16.4. The Kier molecular flexibility index (Phi) is 5.49. The second-order valence-electron chi connectivity index (χ2n) is 4.81. The fourth-order valence-corrected chi connectivity index (χ4v) is 2.13. The Hall–Kier alpha value is -1.95. The highest BCUT2D eigenvalue weighted by atomic mass is 79.9. The van der Waals surface area contributed by atoms with Crippen LogP contribution in [0.1, 0.15) is 12.0 Å². The fourth-order valence-electron chi connectivity index (χ4n) is 1.88. The predicted molar refractivity (Wildman–Crippen MR) is 87.0 cm³/mol. The minimum Gasteiger partial charge on any atom is -0.385 e. The number of rotatable bonds is 5. The lowest BCUT2D eigenvalue weighted by Gasteiger charge is -2.09. The maximum absolute atomic E-state index is 13.4. The number of carbonyl (C=O) groups is 1. The zero-order valence-electron chi connectivity index (χ0n) is 11.9. The third-order valence-electron chi connectivity index (χ3n) is 3.04. The molecule has 0 fully saturated rings. The highest BCUT2D eigenvalue weighted by molar-refractivity contribution is 9.10. The van der Waals surface area contributed by atoms with Crippen LogP contribution in [0.25, 0.3) is 0 Å². The number of carbonyl (C=O) groups excluding carboxylic acids is 1. The third-order valence-corrected chi connectivity index (χ3v) is 3.93. The minimum absolute atomic E-state index is 0.0223. The molecule has 0 atom stereocenters. The normalized spacial score (nSPS) is 10.4. The SMILES string of the molecule is Cc1cc(NCCC(=O)Nc2ccc(F)cc2F)ccc1Br. The Bertz CT molecular complexity index is 692. The van der Waals surface area contributed by atoms with Crippen LogP contribution in [0.5, 0.6) is 0 Å². The van der Waals surface area contributed by atoms with Gasteiger partial charge in [-0.15, -0.1) is 0 Å². The highest BCUT2D eigenvalue weighted by Gasteiger charge is 2.08. The van der Waals surface area contributed by atoms with Crippen LogP contribution < -0.4 is 10.6 Å². The molecular weight excluding hydrogens is 354 g/mol. The standard InChI is InChI=1S/C16H15BrF2N2O/c1-10-8-12(3-4-13(10)17)20-7-6-16(22)21-15-5-2-11(18)9-14(15)19/h2-5,8-9,20H,6-7H2,1H3,(H,21,22). The summed E-state index contributed by atoms with van der Waals surface area (Å²) in [6, 6.07) is 8.82. The summed E-state index contributed by atoms with van der Waals surface area (Å²) in [6.45, 7) is 2.38. The topological polar surface area (TPSA) is 41.1 Å². The van der Waals surface area contributed by atoms with Crippen LogP contribution in [0.2, 0.25) is 0 Å². The smallest absolute Gasteiger partial charge is 0.226 e. The molecule has 1 amide bonds. The molecule has 6 heteroatoms. The van der Waals surface area contributed by atoms with Gasteiger partial charge in [0.1, 0.15) is 11.6 Å². The summed E-state index contributed by atoms with van der Waals surface area (Å²) in [6.07, 6.45) is 0.173. The first-order valence-corrected chi connectivity index (χ1v) is 7.50. The van der Waals surface area contributed by atoms with Gasteiger partial charge in [0, 0.05) is 29.2 Å². The molecule has 0 unspecified atom stereocenters. The summed E-state index contributed by atoms with van der Waals surface area (Å²) in [5, 5.41) is 5.53. The van der Waals surface area contributed by atoms with Crippen molar-refractivity contribution in [2.75, 3.05) is 17.2 Å². The van der Waals surface area contributed by atoms with E-state index < -0.39 is 11.6 Å². The average molecular weight is 369 g/mol. The molecule has 0 saturated heterocycles. The van der Waals surface area contributed by atoms with E-state index >= 15 is 0 Å². The van der Waals surface area contributed by atoms with Crippen LogP contribution >= 0.6 is 15.9 Å². The lowest BCUT2D eigenvalue weighted by molar-refractivity contribution is -0.116. The number of amides is 1. The van der Waals surface area contributed by atoms with E-state index in [9.17, 15) is 13.6 Å². The molecule has 0 aliphatic rings. The summed E-state index contributed by atoms with van der Waals surface area (Å²) < 4.78 is 27.2. The highest BCUT2D eigenvalue weighted by Crippen LogP contribution is 2.20. The molecule has 2 aromatic rings. The lowest BCUT2D eigenvalue weighted by atomic mass is 10.2. The number of nitrogens with one attached hydrogen (secondary N) is 2. The Morgan fingerprint density at radius 2 is 1.95 bits per heavy atom. The van der Waals surface area contributed by atoms with Gasteiger partial charge in [-0.25, -0.2) is 8.78 Å². The molecule has 0 aliphatic heterocycles. The van der Waals surface area contributed by atoms with Crippen molar-refractivity contribution in [2.45, 2.75) is 13.3 Å². The van der Waals surface area contributed by atoms with E-state index in [1.165, 1.54) is 6.07 Å². The van der Waals surface area contributed by atoms with Crippen molar-refractivity contribution in [3.8, 4) is 0 Å². The second-order valence-corrected chi connectivity index (χ2v) is 5.67. The molecule has 0 heterocycles. The van der Waals surface area contributed by atoms with E-state index in [1.807, 2.05) is 25.1 Å². The van der Waals surface area contributed by atoms with E-state index in [0.717, 1.165) is 27.9 Å². The van der Waals surface area contributed by atoms with Gasteiger partial charge < -0.3 is 10.6 Å². The molecule has 0 spiro atoms. The van der Waals surface area contributed by atoms with Crippen LogP contribution in [-0.4, -0.2) is 12.5 Å². The Balaban J connectivity index is 1.83. The van der Waals surface area contributed by atoms with Gasteiger partial charge in [0.05, 0.1) is 5.69 Å². The molecule has 0 radical (unpaired) electrons. The Morgan fingerprint density at radius 3 is 2.64 bits per heavy atom. The first-order valence-electron chi connectivity index (χ1n) is 6.70. The number of aryl methyl sites for hydroxylation is 1. The molecule has 0 aliphatic carbocycles. The molecule has 2 aromatic carbocycles. The molecule has 3 nitrogen and oxygen atoms in total. The molecule has 0 saturated carbocycles. The largest absolute Gasteiger partial charge is 0.385 e. The van der Waals surface area contributed by atoms with Crippen LogP contribution in [0.3, 0.4) is 0 Å². The predicted octanol–water partition coefficient (Wildman–Crippen LogP) is 4.48. The van der Waals surface area contributed by atoms with Gasteiger partial charge in [0.15, 0.2) is 0 Å². The minimum atomic E-state index is -0.787. The van der Waals surface area contributed by atoms with E-state index in [0.29, 0.717) is 6.54 Å². The van der Waals surface area contributed by atoms with E-state index in [2.05, 4.69) is 26.6 Å². The second kappa shape index (κ2) is 7.35. The van der Waals surface area contributed by atoms with Gasteiger partial charge in [-0.3, -0.25) is 4.79 Å². The number of halogens is 3. The van der Waals surface area contributed by atoms with Gasteiger partial charge in [-0.1, -0.05) is 15.9 Å². The van der Waals surface area contributed by atoms with E-state index in [4.69, 9.17) is 0 Å². The fraction of sp³-hybridized carbons (Fsp3) is 0.188. The first-order chi connectivity index (χ1) is 10.5. The summed E-state index contributed by atoms with van der Waals surface area (Å²) in [5.74, 6) is -1.81. The molecule has 2 N–H and O–H groups in total. The monoisotopic (exact) mass is 368 g/mol. The molecule has 22 heavy (non-hydrogen) atoms. The van der Waals surface area contributed by atoms with Crippen LogP contribution in [0.15, 0.2) is 40.9 Å². The third kappa shape index (κ3) is 4.53. The summed E-state index contributed by atoms with van der Waals surface area (Å²) in [7, 11) is 0. The lowest BCUT2D eigenvalue weighted by Crippen LogP contribution is -2.17. The van der Waals surface area contributed by atoms with Crippen molar-refractivity contribution in [2.24, 2.45) is 0 Å². The zero-order chi connectivity index (χ0) is 16.1. The van der Waals surface area contributed by atoms with Gasteiger partial charge in [-0.2, -0.15) is 0 Å². The number of hydrogen-bond acceptors (Lipinski definition) is 2. The van der Waals surface area contributed by atoms with Gasteiger partial charge in [-0.05, 0) is 42.8 Å². The number of anilines is 2. The molecule has 2 rings (SSSR count). The summed E-state index contributed by atoms with van der Waals surface area (Å²) >= 11 is 3.42. The zero-order valence-corrected chi connectivity index (χ0v) is 13.5. The van der Waals surface area contributed by atoms with Crippen molar-refractivity contribution < 1.29 is 13.6 Å². The quantitative estimate of drug-likeness (QED) is 0.816. The Labute approximate surface area is 135 Å². The van der Waals surface area contributed by atoms with Gasteiger partial charge >= 0.3 is 0 Å². The van der Waals surface area contributed by atoms with Crippen molar-refractivity contribution >= 4 is 33.2 Å². The van der Waals surface area contributed by atoms with Gasteiger partial charge in [0.25, 0.3) is 0 Å². The summed E-state index contributed by atoms with van der Waals surface area (Å²) in [5.41, 5.74) is 1.97. The van der Waals surface area contributed by atoms with Crippen molar-refractivity contribution in [1.82, 2.24) is 0 Å². The van der Waals surface area contributed by atoms with Gasteiger partial charge in [0.2, 0.25) is 5.91 Å². The maximum Gasteiger partial charge on any atom is 0.226 e. The molecule has 0 bridgehead atoms. The number of benzene rings is 2. The Morgan fingerprint density at radius 1 is 1.18 bits per heavy atom. The average Bonchev–Trinajstić information content (AvgIpc) is 2.46. The molecular formula is C16H15BrF2N2O. The van der Waals surface area contributed by atoms with Crippen LogP contribution in [0, 0.1) is 18.6 Å². The van der Waals surface area contributed by atoms with Crippen molar-refractivity contribution in [1.29, 1.82) is 0 Å². The number of hydrogen-bond donors (Lipinski definition) is 2. The van der Waals surface area contributed by atoms with E-state index in [1.54, 1.807) is 0 Å². The molecule has 116 valence electrons. The summed E-state index contributed by atoms with van der Waals surface area (Å²) in [4.78, 5) is 11.7.